The van der Waals surface area contributed by atoms with Crippen LogP contribution in [-0.2, 0) is 0 Å². The number of hydrogen-bond acceptors (Lipinski definition) is 1. The lowest BCUT2D eigenvalue weighted by Crippen LogP contribution is -1.82. The summed E-state index contributed by atoms with van der Waals surface area (Å²) < 4.78 is 8.03. The molecule has 0 unspecified atom stereocenters. The topological polar surface area (TPSA) is 13.6 Å². The van der Waals surface area contributed by atoms with E-state index < -0.39 is 0 Å². The molecule has 0 bridgehead atoms. The number of fused-ring (bicyclic) bond motifs is 8. The van der Waals surface area contributed by atoms with Gasteiger partial charge < -0.3 is 9.14 Å². The highest BCUT2D eigenvalue weighted by atomic mass is 16.5. The molecule has 2 heteroatoms. The Kier molecular flexibility index (Phi) is 2.31. The van der Waals surface area contributed by atoms with Gasteiger partial charge in [-0.05, 0) is 35.0 Å². The van der Waals surface area contributed by atoms with E-state index in [-0.39, 0.29) is 0 Å². The van der Waals surface area contributed by atoms with Gasteiger partial charge in [-0.2, -0.15) is 0 Å². The van der Waals surface area contributed by atoms with Gasteiger partial charge in [-0.3, -0.25) is 0 Å². The highest BCUT2D eigenvalue weighted by Gasteiger charge is 2.19. The Balaban J connectivity index is 2.04. The molecule has 25 heavy (non-hydrogen) atoms. The Morgan fingerprint density at radius 1 is 0.680 bits per heavy atom. The molecule has 0 fully saturated rings. The number of benzene rings is 4. The summed E-state index contributed by atoms with van der Waals surface area (Å²) in [5, 5.41) is 7.66. The molecule has 0 aliphatic rings. The average Bonchev–Trinajstić information content (AvgIpc) is 3.19. The van der Waals surface area contributed by atoms with E-state index in [0.29, 0.717) is 0 Å². The molecule has 2 aromatic heterocycles. The quantitative estimate of drug-likeness (QED) is 0.362. The monoisotopic (exact) mass is 321 g/mol. The van der Waals surface area contributed by atoms with Gasteiger partial charge >= 0.3 is 0 Å². The van der Waals surface area contributed by atoms with E-state index in [1.807, 2.05) is 0 Å². The zero-order chi connectivity index (χ0) is 16.5. The fourth-order valence-corrected chi connectivity index (χ4v) is 4.36. The molecule has 118 valence electrons. The van der Waals surface area contributed by atoms with E-state index in [4.69, 9.17) is 4.74 Å². The average molecular weight is 321 g/mol. The molecule has 0 saturated carbocycles. The molecule has 0 aliphatic carbocycles. The summed E-state index contributed by atoms with van der Waals surface area (Å²) in [6.45, 7) is 0. The van der Waals surface area contributed by atoms with Crippen molar-refractivity contribution in [2.75, 3.05) is 7.11 Å². The molecular formula is C23H15NO. The first-order valence-corrected chi connectivity index (χ1v) is 8.50. The first-order chi connectivity index (χ1) is 12.4. The summed E-state index contributed by atoms with van der Waals surface area (Å²) in [7, 11) is 1.74. The summed E-state index contributed by atoms with van der Waals surface area (Å²) in [6, 6.07) is 26.0. The lowest BCUT2D eigenvalue weighted by molar-refractivity contribution is 0.416. The van der Waals surface area contributed by atoms with Gasteiger partial charge in [-0.15, -0.1) is 0 Å². The summed E-state index contributed by atoms with van der Waals surface area (Å²) in [5.74, 6) is 0.909. The van der Waals surface area contributed by atoms with E-state index in [9.17, 15) is 0 Å². The highest BCUT2D eigenvalue weighted by Crippen LogP contribution is 2.43. The van der Waals surface area contributed by atoms with Crippen molar-refractivity contribution in [3.8, 4) is 5.75 Å². The van der Waals surface area contributed by atoms with Crippen LogP contribution in [0.25, 0.3) is 48.9 Å². The first kappa shape index (κ1) is 13.1. The second-order valence-corrected chi connectivity index (χ2v) is 6.60. The van der Waals surface area contributed by atoms with Crippen LogP contribution in [0.3, 0.4) is 0 Å². The van der Waals surface area contributed by atoms with Gasteiger partial charge in [0.15, 0.2) is 0 Å². The van der Waals surface area contributed by atoms with E-state index in [1.165, 1.54) is 48.9 Å². The molecule has 0 atom stereocenters. The third-order valence-electron chi connectivity index (χ3n) is 5.40. The minimum Gasteiger partial charge on any atom is -0.497 e. The lowest BCUT2D eigenvalue weighted by Gasteiger charge is -2.04. The smallest absolute Gasteiger partial charge is 0.120 e. The molecule has 0 spiro atoms. The largest absolute Gasteiger partial charge is 0.497 e. The highest BCUT2D eigenvalue weighted by molar-refractivity contribution is 6.28. The Hall–Kier alpha value is -3.26. The Morgan fingerprint density at radius 2 is 1.44 bits per heavy atom. The Labute approximate surface area is 144 Å². The molecule has 0 radical (unpaired) electrons. The minimum absolute atomic E-state index is 0.909. The fourth-order valence-electron chi connectivity index (χ4n) is 4.36. The van der Waals surface area contributed by atoms with Crippen LogP contribution in [0.5, 0.6) is 5.75 Å². The third-order valence-corrected chi connectivity index (χ3v) is 5.40. The molecular weight excluding hydrogens is 306 g/mol. The van der Waals surface area contributed by atoms with Crippen molar-refractivity contribution in [1.29, 1.82) is 0 Å². The number of nitrogens with zero attached hydrogens (tertiary/aromatic N) is 1. The summed E-state index contributed by atoms with van der Waals surface area (Å²) in [5.41, 5.74) is 3.79. The maximum Gasteiger partial charge on any atom is 0.120 e. The zero-order valence-electron chi connectivity index (χ0n) is 13.8. The van der Waals surface area contributed by atoms with E-state index in [0.717, 1.165) is 5.75 Å². The van der Waals surface area contributed by atoms with Crippen LogP contribution < -0.4 is 4.74 Å². The zero-order valence-corrected chi connectivity index (χ0v) is 13.8. The maximum absolute atomic E-state index is 5.62. The van der Waals surface area contributed by atoms with Crippen LogP contribution >= 0.6 is 0 Å². The Bertz CT molecular complexity index is 1420. The van der Waals surface area contributed by atoms with Crippen molar-refractivity contribution in [2.45, 2.75) is 0 Å². The molecule has 2 heterocycles. The molecule has 4 aromatic carbocycles. The van der Waals surface area contributed by atoms with Crippen LogP contribution in [-0.4, -0.2) is 11.5 Å². The van der Waals surface area contributed by atoms with Gasteiger partial charge in [0.05, 0.1) is 23.7 Å². The van der Waals surface area contributed by atoms with Crippen molar-refractivity contribution in [1.82, 2.24) is 4.40 Å². The minimum atomic E-state index is 0.909. The summed E-state index contributed by atoms with van der Waals surface area (Å²) in [4.78, 5) is 0. The van der Waals surface area contributed by atoms with Crippen LogP contribution in [0.1, 0.15) is 0 Å². The van der Waals surface area contributed by atoms with E-state index >= 15 is 0 Å². The third kappa shape index (κ3) is 1.50. The van der Waals surface area contributed by atoms with Crippen LogP contribution in [0.4, 0.5) is 0 Å². The van der Waals surface area contributed by atoms with Crippen molar-refractivity contribution in [3.05, 3.63) is 72.8 Å². The van der Waals surface area contributed by atoms with Crippen molar-refractivity contribution in [2.24, 2.45) is 0 Å². The summed E-state index contributed by atoms with van der Waals surface area (Å²) >= 11 is 0. The first-order valence-electron chi connectivity index (χ1n) is 8.50. The number of ether oxygens (including phenoxy) is 1. The number of hydrogen-bond donors (Lipinski definition) is 0. The molecule has 0 aliphatic heterocycles. The van der Waals surface area contributed by atoms with Crippen LogP contribution in [0.15, 0.2) is 72.8 Å². The van der Waals surface area contributed by atoms with E-state index in [2.05, 4.69) is 77.2 Å². The van der Waals surface area contributed by atoms with Gasteiger partial charge in [-0.1, -0.05) is 48.5 Å². The molecule has 6 rings (SSSR count). The number of para-hydroxylation sites is 1. The second kappa shape index (κ2) is 4.42. The number of aromatic nitrogens is 1. The normalized spacial score (nSPS) is 12.2. The van der Waals surface area contributed by atoms with Crippen LogP contribution in [0, 0.1) is 0 Å². The fraction of sp³-hybridized carbons (Fsp3) is 0.0435. The van der Waals surface area contributed by atoms with Crippen LogP contribution in [0.2, 0.25) is 0 Å². The molecule has 2 nitrogen and oxygen atoms in total. The van der Waals surface area contributed by atoms with Crippen molar-refractivity contribution in [3.63, 3.8) is 0 Å². The molecule has 0 amide bonds. The predicted molar refractivity (Wildman–Crippen MR) is 105 cm³/mol. The van der Waals surface area contributed by atoms with Gasteiger partial charge in [0.1, 0.15) is 5.75 Å². The predicted octanol–water partition coefficient (Wildman–Crippen LogP) is 6.00. The SMILES string of the molecule is COc1cc2c3ccccc3n3c4ccc5ccccc5c4c(c1)c23. The van der Waals surface area contributed by atoms with Gasteiger partial charge in [0.25, 0.3) is 0 Å². The summed E-state index contributed by atoms with van der Waals surface area (Å²) in [6.07, 6.45) is 0. The van der Waals surface area contributed by atoms with E-state index in [1.54, 1.807) is 7.11 Å². The van der Waals surface area contributed by atoms with Crippen molar-refractivity contribution >= 4 is 48.9 Å². The number of methoxy groups -OCH3 is 1. The Morgan fingerprint density at radius 3 is 2.32 bits per heavy atom. The lowest BCUT2D eigenvalue weighted by atomic mass is 10.0. The standard InChI is InChI=1S/C23H15NO/c1-25-15-12-18-17-8-4-5-9-20(17)24-21-11-10-14-6-2-3-7-16(14)22(21)19(13-15)23(18)24/h2-13H,1H3. The van der Waals surface area contributed by atoms with Gasteiger partial charge in [-0.25, -0.2) is 0 Å². The van der Waals surface area contributed by atoms with Crippen molar-refractivity contribution < 1.29 is 4.74 Å². The maximum atomic E-state index is 5.62. The number of rotatable bonds is 1. The molecule has 6 aromatic rings. The second-order valence-electron chi connectivity index (χ2n) is 6.60. The molecule has 0 saturated heterocycles. The van der Waals surface area contributed by atoms with Gasteiger partial charge in [0.2, 0.25) is 0 Å². The molecule has 0 N–H and O–H groups in total. The van der Waals surface area contributed by atoms with Gasteiger partial charge in [0, 0.05) is 21.5 Å².